The van der Waals surface area contributed by atoms with Crippen LogP contribution in [-0.4, -0.2) is 35.8 Å². The van der Waals surface area contributed by atoms with Gasteiger partial charge in [0.2, 0.25) is 5.91 Å². The molecule has 2 amide bonds. The Labute approximate surface area is 124 Å². The minimum Gasteiger partial charge on any atom is -0.351 e. The lowest BCUT2D eigenvalue weighted by molar-refractivity contribution is -0.134. The average molecular weight is 294 g/mol. The maximum atomic E-state index is 12.2. The number of rotatable bonds is 5. The molecule has 2 heterocycles. The highest BCUT2D eigenvalue weighted by atomic mass is 32.1. The third kappa shape index (κ3) is 3.82. The molecule has 1 aliphatic heterocycles. The van der Waals surface area contributed by atoms with Crippen molar-refractivity contribution in [3.63, 3.8) is 0 Å². The summed E-state index contributed by atoms with van der Waals surface area (Å²) in [7, 11) is 0. The van der Waals surface area contributed by atoms with Gasteiger partial charge in [-0.2, -0.15) is 11.3 Å². The van der Waals surface area contributed by atoms with Gasteiger partial charge in [0.1, 0.15) is 0 Å². The Bertz CT molecular complexity index is 445. The van der Waals surface area contributed by atoms with Gasteiger partial charge in [0.15, 0.2) is 0 Å². The lowest BCUT2D eigenvalue weighted by Gasteiger charge is -2.35. The van der Waals surface area contributed by atoms with Crippen LogP contribution in [0.2, 0.25) is 0 Å². The van der Waals surface area contributed by atoms with Crippen molar-refractivity contribution in [3.05, 3.63) is 22.4 Å². The quantitative estimate of drug-likeness (QED) is 0.907. The van der Waals surface area contributed by atoms with Crippen molar-refractivity contribution >= 4 is 23.2 Å². The molecular formula is C15H22N2O2S. The first-order chi connectivity index (χ1) is 9.72. The Balaban J connectivity index is 1.75. The lowest BCUT2D eigenvalue weighted by atomic mass is 9.99. The molecule has 20 heavy (non-hydrogen) atoms. The molecule has 1 atom stereocenters. The van der Waals surface area contributed by atoms with Crippen molar-refractivity contribution in [2.24, 2.45) is 0 Å². The minimum absolute atomic E-state index is 0.0928. The Morgan fingerprint density at radius 3 is 3.00 bits per heavy atom. The number of thiophene rings is 1. The molecule has 1 aromatic heterocycles. The summed E-state index contributed by atoms with van der Waals surface area (Å²) in [6, 6.07) is 2.18. The van der Waals surface area contributed by atoms with Gasteiger partial charge in [-0.15, -0.1) is 0 Å². The average Bonchev–Trinajstić information content (AvgIpc) is 3.01. The zero-order valence-electron chi connectivity index (χ0n) is 11.9. The second-order valence-electron chi connectivity index (χ2n) is 5.16. The number of nitrogens with one attached hydrogen (secondary N) is 1. The molecule has 0 aromatic carbocycles. The third-order valence-corrected chi connectivity index (χ3v) is 4.51. The highest BCUT2D eigenvalue weighted by Crippen LogP contribution is 2.20. The van der Waals surface area contributed by atoms with Gasteiger partial charge in [-0.1, -0.05) is 6.92 Å². The van der Waals surface area contributed by atoms with Crippen LogP contribution in [0.3, 0.4) is 0 Å². The van der Waals surface area contributed by atoms with Gasteiger partial charge in [0.25, 0.3) is 5.91 Å². The predicted molar refractivity (Wildman–Crippen MR) is 80.9 cm³/mol. The SMILES string of the molecule is CC[C@H]1CCCCN1C(=O)CCNC(=O)c1ccsc1. The van der Waals surface area contributed by atoms with Crippen LogP contribution in [-0.2, 0) is 4.79 Å². The fourth-order valence-electron chi connectivity index (χ4n) is 2.68. The maximum absolute atomic E-state index is 12.2. The molecule has 4 nitrogen and oxygen atoms in total. The summed E-state index contributed by atoms with van der Waals surface area (Å²) in [4.78, 5) is 26.0. The van der Waals surface area contributed by atoms with Gasteiger partial charge in [0.05, 0.1) is 0 Å². The van der Waals surface area contributed by atoms with Crippen LogP contribution in [0.25, 0.3) is 0 Å². The Morgan fingerprint density at radius 2 is 2.30 bits per heavy atom. The number of carbonyl (C=O) groups excluding carboxylic acids is 2. The monoisotopic (exact) mass is 294 g/mol. The molecule has 1 saturated heterocycles. The van der Waals surface area contributed by atoms with E-state index in [1.165, 1.54) is 17.8 Å². The Morgan fingerprint density at radius 1 is 1.45 bits per heavy atom. The zero-order chi connectivity index (χ0) is 14.4. The number of amides is 2. The second-order valence-corrected chi connectivity index (χ2v) is 5.94. The van der Waals surface area contributed by atoms with E-state index in [0.29, 0.717) is 24.6 Å². The van der Waals surface area contributed by atoms with E-state index in [0.717, 1.165) is 25.8 Å². The standard InChI is InChI=1S/C15H22N2O2S/c1-2-13-5-3-4-9-17(13)14(18)6-8-16-15(19)12-7-10-20-11-12/h7,10-11,13H,2-6,8-9H2,1H3,(H,16,19)/t13-/m0/s1. The topological polar surface area (TPSA) is 49.4 Å². The first kappa shape index (κ1) is 15.0. The van der Waals surface area contributed by atoms with Gasteiger partial charge < -0.3 is 10.2 Å². The number of likely N-dealkylation sites (tertiary alicyclic amines) is 1. The van der Waals surface area contributed by atoms with E-state index in [-0.39, 0.29) is 11.8 Å². The van der Waals surface area contributed by atoms with Crippen molar-refractivity contribution < 1.29 is 9.59 Å². The van der Waals surface area contributed by atoms with Gasteiger partial charge in [-0.25, -0.2) is 0 Å². The van der Waals surface area contributed by atoms with Crippen molar-refractivity contribution in [2.75, 3.05) is 13.1 Å². The molecule has 1 N–H and O–H groups in total. The highest BCUT2D eigenvalue weighted by Gasteiger charge is 2.24. The largest absolute Gasteiger partial charge is 0.351 e. The molecule has 0 bridgehead atoms. The fourth-order valence-corrected chi connectivity index (χ4v) is 3.31. The molecule has 1 aliphatic rings. The van der Waals surface area contributed by atoms with Gasteiger partial charge in [-0.05, 0) is 37.1 Å². The molecule has 0 radical (unpaired) electrons. The van der Waals surface area contributed by atoms with Crippen LogP contribution in [0.1, 0.15) is 49.4 Å². The Kier molecular flexibility index (Phi) is 5.59. The predicted octanol–water partition coefficient (Wildman–Crippen LogP) is 2.66. The van der Waals surface area contributed by atoms with Crippen molar-refractivity contribution in [2.45, 2.75) is 45.1 Å². The summed E-state index contributed by atoms with van der Waals surface area (Å²) in [6.07, 6.45) is 4.85. The molecule has 0 saturated carbocycles. The van der Waals surface area contributed by atoms with Crippen LogP contribution in [0.5, 0.6) is 0 Å². The van der Waals surface area contributed by atoms with Crippen LogP contribution >= 0.6 is 11.3 Å². The van der Waals surface area contributed by atoms with E-state index in [4.69, 9.17) is 0 Å². The second kappa shape index (κ2) is 7.43. The molecule has 0 spiro atoms. The fraction of sp³-hybridized carbons (Fsp3) is 0.600. The number of carbonyl (C=O) groups is 2. The Hall–Kier alpha value is -1.36. The van der Waals surface area contributed by atoms with E-state index in [9.17, 15) is 9.59 Å². The smallest absolute Gasteiger partial charge is 0.252 e. The lowest BCUT2D eigenvalue weighted by Crippen LogP contribution is -2.44. The summed E-state index contributed by atoms with van der Waals surface area (Å²) >= 11 is 1.50. The molecule has 1 fully saturated rings. The number of nitrogens with zero attached hydrogens (tertiary/aromatic N) is 1. The summed E-state index contributed by atoms with van der Waals surface area (Å²) in [5.74, 6) is 0.0758. The molecule has 5 heteroatoms. The van der Waals surface area contributed by atoms with E-state index in [1.807, 2.05) is 15.7 Å². The van der Waals surface area contributed by atoms with Crippen LogP contribution < -0.4 is 5.32 Å². The first-order valence-corrected chi connectivity index (χ1v) is 8.26. The number of hydrogen-bond acceptors (Lipinski definition) is 3. The maximum Gasteiger partial charge on any atom is 0.252 e. The van der Waals surface area contributed by atoms with Crippen molar-refractivity contribution in [1.29, 1.82) is 0 Å². The summed E-state index contributed by atoms with van der Waals surface area (Å²) in [5, 5.41) is 6.50. The summed E-state index contributed by atoms with van der Waals surface area (Å²) in [5.41, 5.74) is 0.673. The number of piperidine rings is 1. The van der Waals surface area contributed by atoms with Gasteiger partial charge >= 0.3 is 0 Å². The summed E-state index contributed by atoms with van der Waals surface area (Å²) < 4.78 is 0. The van der Waals surface area contributed by atoms with E-state index < -0.39 is 0 Å². The third-order valence-electron chi connectivity index (χ3n) is 3.83. The van der Waals surface area contributed by atoms with Gasteiger partial charge in [0, 0.05) is 36.5 Å². The summed E-state index contributed by atoms with van der Waals surface area (Å²) in [6.45, 7) is 3.42. The first-order valence-electron chi connectivity index (χ1n) is 7.32. The van der Waals surface area contributed by atoms with Crippen LogP contribution in [0.4, 0.5) is 0 Å². The molecule has 2 rings (SSSR count). The van der Waals surface area contributed by atoms with Crippen molar-refractivity contribution in [3.8, 4) is 0 Å². The normalized spacial score (nSPS) is 18.9. The van der Waals surface area contributed by atoms with Crippen molar-refractivity contribution in [1.82, 2.24) is 10.2 Å². The molecule has 0 unspecified atom stereocenters. The molecule has 110 valence electrons. The van der Waals surface area contributed by atoms with E-state index in [2.05, 4.69) is 12.2 Å². The van der Waals surface area contributed by atoms with E-state index >= 15 is 0 Å². The van der Waals surface area contributed by atoms with Gasteiger partial charge in [-0.3, -0.25) is 9.59 Å². The van der Waals surface area contributed by atoms with E-state index in [1.54, 1.807) is 6.07 Å². The number of hydrogen-bond donors (Lipinski definition) is 1. The minimum atomic E-state index is -0.0928. The van der Waals surface area contributed by atoms with Crippen LogP contribution in [0.15, 0.2) is 16.8 Å². The van der Waals surface area contributed by atoms with Crippen LogP contribution in [0, 0.1) is 0 Å². The highest BCUT2D eigenvalue weighted by molar-refractivity contribution is 7.08. The zero-order valence-corrected chi connectivity index (χ0v) is 12.7. The molecular weight excluding hydrogens is 272 g/mol. The molecule has 0 aliphatic carbocycles. The molecule has 1 aromatic rings.